The van der Waals surface area contributed by atoms with Crippen molar-refractivity contribution >= 4 is 0 Å². The summed E-state index contributed by atoms with van der Waals surface area (Å²) in [4.78, 5) is 0. The van der Waals surface area contributed by atoms with Crippen LogP contribution in [0.25, 0.3) is 0 Å². The van der Waals surface area contributed by atoms with Crippen molar-refractivity contribution < 1.29 is 4.74 Å². The van der Waals surface area contributed by atoms with Gasteiger partial charge in [-0.1, -0.05) is 25.5 Å². The van der Waals surface area contributed by atoms with Crippen LogP contribution >= 0.6 is 0 Å². The van der Waals surface area contributed by atoms with Crippen LogP contribution in [-0.4, -0.2) is 19.7 Å². The van der Waals surface area contributed by atoms with E-state index in [1.807, 2.05) is 6.07 Å². The molecule has 0 aromatic heterocycles. The molecule has 2 nitrogen and oxygen atoms in total. The topological polar surface area (TPSA) is 21.3 Å². The van der Waals surface area contributed by atoms with Crippen molar-refractivity contribution in [2.45, 2.75) is 51.0 Å². The second-order valence-electron chi connectivity index (χ2n) is 5.29. The van der Waals surface area contributed by atoms with E-state index in [0.717, 1.165) is 12.3 Å². The van der Waals surface area contributed by atoms with Crippen LogP contribution in [0.1, 0.15) is 50.5 Å². The highest BCUT2D eigenvalue weighted by molar-refractivity contribution is 5.31. The van der Waals surface area contributed by atoms with E-state index in [1.54, 1.807) is 7.11 Å². The van der Waals surface area contributed by atoms with E-state index in [9.17, 15) is 0 Å². The van der Waals surface area contributed by atoms with Crippen molar-refractivity contribution in [2.24, 2.45) is 0 Å². The molecule has 0 saturated heterocycles. The van der Waals surface area contributed by atoms with Crippen LogP contribution in [0.3, 0.4) is 0 Å². The monoisotopic (exact) mass is 247 g/mol. The van der Waals surface area contributed by atoms with Gasteiger partial charge in [0.25, 0.3) is 0 Å². The first-order chi connectivity index (χ1) is 8.83. The number of hydrogen-bond acceptors (Lipinski definition) is 2. The number of benzene rings is 1. The van der Waals surface area contributed by atoms with E-state index in [1.165, 1.54) is 37.7 Å². The zero-order valence-corrected chi connectivity index (χ0v) is 11.6. The first kappa shape index (κ1) is 13.4. The second kappa shape index (κ2) is 6.79. The van der Waals surface area contributed by atoms with E-state index in [2.05, 4.69) is 30.4 Å². The Morgan fingerprint density at radius 3 is 3.00 bits per heavy atom. The lowest BCUT2D eigenvalue weighted by atomic mass is 9.81. The Morgan fingerprint density at radius 2 is 2.22 bits per heavy atom. The third kappa shape index (κ3) is 3.49. The Balaban J connectivity index is 1.98. The summed E-state index contributed by atoms with van der Waals surface area (Å²) in [5.41, 5.74) is 1.44. The molecule has 2 heteroatoms. The number of hydrogen-bond donors (Lipinski definition) is 1. The lowest BCUT2D eigenvalue weighted by Crippen LogP contribution is -2.33. The maximum absolute atomic E-state index is 5.32. The van der Waals surface area contributed by atoms with E-state index < -0.39 is 0 Å². The molecule has 1 N–H and O–H groups in total. The van der Waals surface area contributed by atoms with Crippen LogP contribution in [0, 0.1) is 0 Å². The molecule has 1 aromatic rings. The molecule has 1 aromatic carbocycles. The van der Waals surface area contributed by atoms with Crippen LogP contribution in [0.15, 0.2) is 24.3 Å². The third-order valence-corrected chi connectivity index (χ3v) is 3.92. The van der Waals surface area contributed by atoms with Gasteiger partial charge >= 0.3 is 0 Å². The van der Waals surface area contributed by atoms with Crippen molar-refractivity contribution in [1.82, 2.24) is 5.32 Å². The normalized spacial score (nSPS) is 23.9. The molecule has 1 saturated carbocycles. The minimum absolute atomic E-state index is 0.697. The van der Waals surface area contributed by atoms with Gasteiger partial charge in [0.15, 0.2) is 0 Å². The van der Waals surface area contributed by atoms with Crippen LogP contribution in [-0.2, 0) is 0 Å². The minimum atomic E-state index is 0.697. The lowest BCUT2D eigenvalue weighted by molar-refractivity contribution is 0.339. The van der Waals surface area contributed by atoms with Gasteiger partial charge in [0.1, 0.15) is 5.75 Å². The fourth-order valence-electron chi connectivity index (χ4n) is 2.92. The first-order valence-corrected chi connectivity index (χ1v) is 7.20. The number of methoxy groups -OCH3 is 1. The minimum Gasteiger partial charge on any atom is -0.497 e. The van der Waals surface area contributed by atoms with Gasteiger partial charge in [-0.2, -0.15) is 0 Å². The molecule has 18 heavy (non-hydrogen) atoms. The summed E-state index contributed by atoms with van der Waals surface area (Å²) < 4.78 is 5.32. The zero-order chi connectivity index (χ0) is 12.8. The van der Waals surface area contributed by atoms with Gasteiger partial charge in [0, 0.05) is 6.04 Å². The number of nitrogens with one attached hydrogen (secondary N) is 1. The highest BCUT2D eigenvalue weighted by Gasteiger charge is 2.22. The SMILES string of the molecule is CCCNC1CCCC(c2cccc(OC)c2)C1. The fourth-order valence-corrected chi connectivity index (χ4v) is 2.92. The average molecular weight is 247 g/mol. The molecule has 0 radical (unpaired) electrons. The summed E-state index contributed by atoms with van der Waals surface area (Å²) in [6.07, 6.45) is 6.48. The molecule has 0 heterocycles. The Bertz CT molecular complexity index is 364. The lowest BCUT2D eigenvalue weighted by Gasteiger charge is -2.30. The quantitative estimate of drug-likeness (QED) is 0.856. The molecule has 0 aliphatic heterocycles. The molecule has 100 valence electrons. The van der Waals surface area contributed by atoms with Crippen molar-refractivity contribution in [3.8, 4) is 5.75 Å². The smallest absolute Gasteiger partial charge is 0.119 e. The van der Waals surface area contributed by atoms with Gasteiger partial charge in [-0.3, -0.25) is 0 Å². The number of rotatable bonds is 5. The Kier molecular flexibility index (Phi) is 5.06. The summed E-state index contributed by atoms with van der Waals surface area (Å²) in [7, 11) is 1.74. The van der Waals surface area contributed by atoms with Crippen molar-refractivity contribution in [1.29, 1.82) is 0 Å². The van der Waals surface area contributed by atoms with Gasteiger partial charge in [-0.05, 0) is 55.8 Å². The summed E-state index contributed by atoms with van der Waals surface area (Å²) in [5.74, 6) is 1.68. The molecule has 0 spiro atoms. The Labute approximate surface area is 111 Å². The molecule has 0 amide bonds. The maximum atomic E-state index is 5.32. The van der Waals surface area contributed by atoms with Crippen LogP contribution in [0.4, 0.5) is 0 Å². The zero-order valence-electron chi connectivity index (χ0n) is 11.6. The molecule has 2 unspecified atom stereocenters. The second-order valence-corrected chi connectivity index (χ2v) is 5.29. The summed E-state index contributed by atoms with van der Waals surface area (Å²) in [6.45, 7) is 3.38. The van der Waals surface area contributed by atoms with Crippen molar-refractivity contribution in [2.75, 3.05) is 13.7 Å². The Morgan fingerprint density at radius 1 is 1.33 bits per heavy atom. The van der Waals surface area contributed by atoms with Gasteiger partial charge in [0.2, 0.25) is 0 Å². The summed E-state index contributed by atoms with van der Waals surface area (Å²) in [6, 6.07) is 9.29. The third-order valence-electron chi connectivity index (χ3n) is 3.92. The predicted octanol–water partition coefficient (Wildman–Crippen LogP) is 3.72. The van der Waals surface area contributed by atoms with E-state index >= 15 is 0 Å². The molecule has 2 rings (SSSR count). The summed E-state index contributed by atoms with van der Waals surface area (Å²) >= 11 is 0. The Hall–Kier alpha value is -1.02. The maximum Gasteiger partial charge on any atom is 0.119 e. The molecular weight excluding hydrogens is 222 g/mol. The molecule has 1 fully saturated rings. The molecule has 0 bridgehead atoms. The molecule has 1 aliphatic carbocycles. The van der Waals surface area contributed by atoms with Crippen LogP contribution in [0.5, 0.6) is 5.75 Å². The first-order valence-electron chi connectivity index (χ1n) is 7.20. The molecule has 1 aliphatic rings. The van der Waals surface area contributed by atoms with E-state index in [4.69, 9.17) is 4.74 Å². The highest BCUT2D eigenvalue weighted by atomic mass is 16.5. The fraction of sp³-hybridized carbons (Fsp3) is 0.625. The van der Waals surface area contributed by atoms with E-state index in [0.29, 0.717) is 12.0 Å². The summed E-state index contributed by atoms with van der Waals surface area (Å²) in [5, 5.41) is 3.67. The average Bonchev–Trinajstić information content (AvgIpc) is 2.45. The van der Waals surface area contributed by atoms with Gasteiger partial charge in [-0.15, -0.1) is 0 Å². The largest absolute Gasteiger partial charge is 0.497 e. The van der Waals surface area contributed by atoms with Gasteiger partial charge < -0.3 is 10.1 Å². The highest BCUT2D eigenvalue weighted by Crippen LogP contribution is 2.34. The van der Waals surface area contributed by atoms with Crippen molar-refractivity contribution in [3.05, 3.63) is 29.8 Å². The van der Waals surface area contributed by atoms with Gasteiger partial charge in [-0.25, -0.2) is 0 Å². The van der Waals surface area contributed by atoms with Gasteiger partial charge in [0.05, 0.1) is 7.11 Å². The molecular formula is C16H25NO. The van der Waals surface area contributed by atoms with E-state index in [-0.39, 0.29) is 0 Å². The molecule has 2 atom stereocenters. The number of ether oxygens (including phenoxy) is 1. The standard InChI is InChI=1S/C16H25NO/c1-3-10-17-15-8-4-6-13(11-15)14-7-5-9-16(12-14)18-2/h5,7,9,12-13,15,17H,3-4,6,8,10-11H2,1-2H3. The van der Waals surface area contributed by atoms with Crippen LogP contribution < -0.4 is 10.1 Å². The van der Waals surface area contributed by atoms with Crippen molar-refractivity contribution in [3.63, 3.8) is 0 Å². The van der Waals surface area contributed by atoms with Crippen LogP contribution in [0.2, 0.25) is 0 Å². The predicted molar refractivity (Wildman–Crippen MR) is 76.3 cm³/mol.